The summed E-state index contributed by atoms with van der Waals surface area (Å²) < 4.78 is 12.4. The van der Waals surface area contributed by atoms with Crippen molar-refractivity contribution in [1.82, 2.24) is 9.78 Å². The van der Waals surface area contributed by atoms with Gasteiger partial charge in [-0.1, -0.05) is 13.8 Å². The summed E-state index contributed by atoms with van der Waals surface area (Å²) in [7, 11) is 5.25. The van der Waals surface area contributed by atoms with Gasteiger partial charge in [-0.3, -0.25) is 4.68 Å². The molecule has 1 N–H and O–H groups in total. The van der Waals surface area contributed by atoms with Gasteiger partial charge in [0.2, 0.25) is 0 Å². The second kappa shape index (κ2) is 6.52. The number of hydrogen-bond donors (Lipinski definition) is 1. The van der Waals surface area contributed by atoms with E-state index in [-0.39, 0.29) is 0 Å². The van der Waals surface area contributed by atoms with Gasteiger partial charge in [-0.2, -0.15) is 5.10 Å². The smallest absolute Gasteiger partial charge is 0.124 e. The highest BCUT2D eigenvalue weighted by atomic mass is 16.5. The van der Waals surface area contributed by atoms with Crippen LogP contribution in [0.3, 0.4) is 0 Å². The van der Waals surface area contributed by atoms with Gasteiger partial charge in [0.1, 0.15) is 11.5 Å². The first-order chi connectivity index (χ1) is 10.0. The average molecular weight is 289 g/mol. The van der Waals surface area contributed by atoms with Crippen LogP contribution in [-0.4, -0.2) is 24.0 Å². The zero-order valence-corrected chi connectivity index (χ0v) is 13.3. The minimum absolute atomic E-state index is 0.405. The molecule has 5 heteroatoms. The molecule has 114 valence electrons. The third kappa shape index (κ3) is 3.68. The summed E-state index contributed by atoms with van der Waals surface area (Å²) in [5, 5.41) is 7.92. The summed E-state index contributed by atoms with van der Waals surface area (Å²) in [6, 6.07) is 5.76. The van der Waals surface area contributed by atoms with Crippen molar-refractivity contribution >= 4 is 5.69 Å². The van der Waals surface area contributed by atoms with Crippen LogP contribution in [0.15, 0.2) is 24.4 Å². The van der Waals surface area contributed by atoms with E-state index in [0.29, 0.717) is 5.92 Å². The Labute approximate surface area is 125 Å². The van der Waals surface area contributed by atoms with Gasteiger partial charge in [0.25, 0.3) is 0 Å². The van der Waals surface area contributed by atoms with Gasteiger partial charge in [-0.25, -0.2) is 0 Å². The molecule has 0 saturated carbocycles. The second-order valence-electron chi connectivity index (χ2n) is 5.32. The molecule has 0 aliphatic carbocycles. The van der Waals surface area contributed by atoms with Crippen molar-refractivity contribution < 1.29 is 9.47 Å². The number of ether oxygens (including phenoxy) is 2. The molecule has 1 aromatic heterocycles. The molecule has 0 bridgehead atoms. The fourth-order valence-corrected chi connectivity index (χ4v) is 2.28. The topological polar surface area (TPSA) is 48.3 Å². The van der Waals surface area contributed by atoms with Crippen LogP contribution in [0.5, 0.6) is 11.5 Å². The molecular weight excluding hydrogens is 266 g/mol. The third-order valence-electron chi connectivity index (χ3n) is 3.32. The van der Waals surface area contributed by atoms with Crippen LogP contribution in [0.2, 0.25) is 0 Å². The molecule has 0 aliphatic rings. The molecule has 1 heterocycles. The van der Waals surface area contributed by atoms with Gasteiger partial charge in [-0.05, 0) is 5.92 Å². The summed E-state index contributed by atoms with van der Waals surface area (Å²) in [5.41, 5.74) is 3.29. The monoisotopic (exact) mass is 289 g/mol. The maximum atomic E-state index is 5.28. The van der Waals surface area contributed by atoms with E-state index in [0.717, 1.165) is 29.4 Å². The zero-order chi connectivity index (χ0) is 15.4. The first-order valence-corrected chi connectivity index (χ1v) is 7.02. The molecule has 0 aliphatic heterocycles. The van der Waals surface area contributed by atoms with Crippen molar-refractivity contribution in [1.29, 1.82) is 0 Å². The van der Waals surface area contributed by atoms with Crippen molar-refractivity contribution in [3.05, 3.63) is 35.7 Å². The summed E-state index contributed by atoms with van der Waals surface area (Å²) in [4.78, 5) is 0. The molecule has 1 aromatic carbocycles. The van der Waals surface area contributed by atoms with Gasteiger partial charge in [0, 0.05) is 49.2 Å². The number of benzene rings is 1. The number of methoxy groups -OCH3 is 2. The molecule has 0 unspecified atom stereocenters. The molecule has 0 atom stereocenters. The van der Waals surface area contributed by atoms with Gasteiger partial charge in [0.15, 0.2) is 0 Å². The summed E-state index contributed by atoms with van der Waals surface area (Å²) in [6.45, 7) is 5.03. The van der Waals surface area contributed by atoms with Crippen LogP contribution in [-0.2, 0) is 13.6 Å². The van der Waals surface area contributed by atoms with Crippen LogP contribution in [0.4, 0.5) is 5.69 Å². The van der Waals surface area contributed by atoms with Gasteiger partial charge in [-0.15, -0.1) is 0 Å². The maximum absolute atomic E-state index is 5.28. The van der Waals surface area contributed by atoms with Crippen LogP contribution in [0.1, 0.15) is 31.0 Å². The maximum Gasteiger partial charge on any atom is 0.124 e. The molecular formula is C16H23N3O2. The lowest BCUT2D eigenvalue weighted by molar-refractivity contribution is 0.394. The molecule has 21 heavy (non-hydrogen) atoms. The van der Waals surface area contributed by atoms with Crippen molar-refractivity contribution in [3.8, 4) is 11.5 Å². The molecule has 2 aromatic rings. The van der Waals surface area contributed by atoms with Crippen molar-refractivity contribution in [3.63, 3.8) is 0 Å². The van der Waals surface area contributed by atoms with Crippen LogP contribution in [0.25, 0.3) is 0 Å². The quantitative estimate of drug-likeness (QED) is 0.887. The van der Waals surface area contributed by atoms with E-state index in [9.17, 15) is 0 Å². The van der Waals surface area contributed by atoms with E-state index in [1.165, 1.54) is 5.56 Å². The molecule has 2 rings (SSSR count). The third-order valence-corrected chi connectivity index (χ3v) is 3.32. The Hall–Kier alpha value is -2.17. The Balaban J connectivity index is 2.16. The lowest BCUT2D eigenvalue weighted by Gasteiger charge is -2.11. The van der Waals surface area contributed by atoms with Gasteiger partial charge >= 0.3 is 0 Å². The van der Waals surface area contributed by atoms with Crippen LogP contribution < -0.4 is 14.8 Å². The number of nitrogens with one attached hydrogen (secondary N) is 1. The van der Waals surface area contributed by atoms with E-state index in [1.807, 2.05) is 29.9 Å². The van der Waals surface area contributed by atoms with E-state index in [1.54, 1.807) is 14.2 Å². The number of hydrogen-bond acceptors (Lipinski definition) is 4. The Morgan fingerprint density at radius 3 is 2.29 bits per heavy atom. The Bertz CT molecular complexity index is 583. The highest BCUT2D eigenvalue weighted by Crippen LogP contribution is 2.26. The van der Waals surface area contributed by atoms with Crippen molar-refractivity contribution in [2.24, 2.45) is 7.05 Å². The number of nitrogens with zero attached hydrogens (tertiary/aromatic N) is 2. The van der Waals surface area contributed by atoms with Gasteiger partial charge < -0.3 is 14.8 Å². The summed E-state index contributed by atoms with van der Waals surface area (Å²) in [5.74, 6) is 1.95. The van der Waals surface area contributed by atoms with E-state index < -0.39 is 0 Å². The number of rotatable bonds is 6. The lowest BCUT2D eigenvalue weighted by Crippen LogP contribution is -2.03. The highest BCUT2D eigenvalue weighted by Gasteiger charge is 2.11. The van der Waals surface area contributed by atoms with Crippen LogP contribution >= 0.6 is 0 Å². The number of aromatic nitrogens is 2. The Kier molecular flexibility index (Phi) is 4.73. The molecule has 5 nitrogen and oxygen atoms in total. The minimum atomic E-state index is 0.405. The predicted octanol–water partition coefficient (Wildman–Crippen LogP) is 3.17. The van der Waals surface area contributed by atoms with Crippen LogP contribution in [0, 0.1) is 0 Å². The van der Waals surface area contributed by atoms with Gasteiger partial charge in [0.05, 0.1) is 19.9 Å². The Morgan fingerprint density at radius 2 is 1.76 bits per heavy atom. The SMILES string of the molecule is COc1cc(NCc2cn(C)nc2C(C)C)cc(OC)c1. The first-order valence-electron chi connectivity index (χ1n) is 7.02. The standard InChI is InChI=1S/C16H23N3O2/c1-11(2)16-12(10-19(3)18-16)9-17-13-6-14(20-4)8-15(7-13)21-5/h6-8,10-11,17H,9H2,1-5H3. The minimum Gasteiger partial charge on any atom is -0.497 e. The molecule has 0 saturated heterocycles. The lowest BCUT2D eigenvalue weighted by atomic mass is 10.1. The zero-order valence-electron chi connectivity index (χ0n) is 13.3. The number of anilines is 1. The van der Waals surface area contributed by atoms with E-state index in [2.05, 4.69) is 30.5 Å². The summed E-state index contributed by atoms with van der Waals surface area (Å²) in [6.07, 6.45) is 2.06. The number of aryl methyl sites for hydroxylation is 1. The molecule has 0 fully saturated rings. The first kappa shape index (κ1) is 15.2. The average Bonchev–Trinajstić information content (AvgIpc) is 2.86. The van der Waals surface area contributed by atoms with Crippen molar-refractivity contribution in [2.45, 2.75) is 26.3 Å². The second-order valence-corrected chi connectivity index (χ2v) is 5.32. The molecule has 0 spiro atoms. The largest absolute Gasteiger partial charge is 0.497 e. The molecule has 0 radical (unpaired) electrons. The normalized spacial score (nSPS) is 10.8. The Morgan fingerprint density at radius 1 is 1.14 bits per heavy atom. The fourth-order valence-electron chi connectivity index (χ4n) is 2.28. The van der Waals surface area contributed by atoms with E-state index >= 15 is 0 Å². The predicted molar refractivity (Wildman–Crippen MR) is 84.2 cm³/mol. The van der Waals surface area contributed by atoms with E-state index in [4.69, 9.17) is 9.47 Å². The van der Waals surface area contributed by atoms with Crippen molar-refractivity contribution in [2.75, 3.05) is 19.5 Å². The fraction of sp³-hybridized carbons (Fsp3) is 0.438. The highest BCUT2D eigenvalue weighted by molar-refractivity contribution is 5.54. The molecule has 0 amide bonds. The summed E-state index contributed by atoms with van der Waals surface area (Å²) >= 11 is 0.